The number of nitrogens with zero attached hydrogens (tertiary/aromatic N) is 4. The Bertz CT molecular complexity index is 884. The van der Waals surface area contributed by atoms with Crippen LogP contribution in [0.25, 0.3) is 11.5 Å². The van der Waals surface area contributed by atoms with E-state index in [1.807, 2.05) is 42.2 Å². The first-order valence-electron chi connectivity index (χ1n) is 10.1. The molecule has 8 nitrogen and oxygen atoms in total. The molecule has 2 atom stereocenters. The van der Waals surface area contributed by atoms with Gasteiger partial charge in [-0.3, -0.25) is 14.5 Å². The fraction of sp³-hybridized carbons (Fsp3) is 0.524. The van der Waals surface area contributed by atoms with Crippen LogP contribution >= 0.6 is 0 Å². The van der Waals surface area contributed by atoms with Gasteiger partial charge in [0.2, 0.25) is 5.91 Å². The Hall–Kier alpha value is -2.74. The highest BCUT2D eigenvalue weighted by molar-refractivity contribution is 5.76. The Balaban J connectivity index is 1.45. The first kappa shape index (κ1) is 19.6. The van der Waals surface area contributed by atoms with Crippen LogP contribution in [0, 0.1) is 11.3 Å². The second-order valence-electron chi connectivity index (χ2n) is 8.13. The zero-order valence-corrected chi connectivity index (χ0v) is 16.6. The summed E-state index contributed by atoms with van der Waals surface area (Å²) in [6.07, 6.45) is 1.19. The van der Waals surface area contributed by atoms with Gasteiger partial charge in [0.25, 0.3) is 5.89 Å². The van der Waals surface area contributed by atoms with Crippen molar-refractivity contribution in [2.75, 3.05) is 26.2 Å². The molecule has 2 aliphatic rings. The molecule has 3 heterocycles. The molecular weight excluding hydrogens is 372 g/mol. The maximum Gasteiger partial charge on any atom is 0.303 e. The van der Waals surface area contributed by atoms with Crippen LogP contribution < -0.4 is 0 Å². The van der Waals surface area contributed by atoms with Gasteiger partial charge in [-0.15, -0.1) is 0 Å². The molecule has 1 aromatic heterocycles. The molecule has 8 heteroatoms. The molecule has 1 amide bonds. The van der Waals surface area contributed by atoms with Gasteiger partial charge in [0.05, 0.1) is 6.54 Å². The standard InChI is InChI=1S/C21H26N4O4/c1-2-18(26)25-11-16-10-24(13-21(16,14-25)9-8-19(27)28)12-17-22-20(29-23-17)15-6-4-3-5-7-15/h3-7,16H,2,8-14H2,1H3,(H,27,28). The van der Waals surface area contributed by atoms with Crippen LogP contribution in [0.1, 0.15) is 32.0 Å². The van der Waals surface area contributed by atoms with Crippen LogP contribution in [0.3, 0.4) is 0 Å². The van der Waals surface area contributed by atoms with Gasteiger partial charge in [0.15, 0.2) is 5.82 Å². The van der Waals surface area contributed by atoms with E-state index in [0.717, 1.165) is 18.7 Å². The van der Waals surface area contributed by atoms with E-state index in [1.165, 1.54) is 0 Å². The molecule has 1 N–H and O–H groups in total. The predicted molar refractivity (Wildman–Crippen MR) is 105 cm³/mol. The summed E-state index contributed by atoms with van der Waals surface area (Å²) in [7, 11) is 0. The monoisotopic (exact) mass is 398 g/mol. The summed E-state index contributed by atoms with van der Waals surface area (Å²) >= 11 is 0. The van der Waals surface area contributed by atoms with Gasteiger partial charge in [-0.1, -0.05) is 30.3 Å². The quantitative estimate of drug-likeness (QED) is 0.764. The van der Waals surface area contributed by atoms with Crippen LogP contribution in [0.2, 0.25) is 0 Å². The molecule has 0 spiro atoms. The van der Waals surface area contributed by atoms with E-state index in [1.54, 1.807) is 0 Å². The van der Waals surface area contributed by atoms with Gasteiger partial charge in [0, 0.05) is 50.0 Å². The Kier molecular flexibility index (Phi) is 5.36. The molecule has 0 radical (unpaired) electrons. The maximum atomic E-state index is 12.2. The lowest BCUT2D eigenvalue weighted by molar-refractivity contribution is -0.137. The highest BCUT2D eigenvalue weighted by atomic mass is 16.5. The van der Waals surface area contributed by atoms with Crippen molar-refractivity contribution in [3.8, 4) is 11.5 Å². The van der Waals surface area contributed by atoms with Crippen LogP contribution in [-0.4, -0.2) is 63.1 Å². The molecule has 2 aliphatic heterocycles. The van der Waals surface area contributed by atoms with Crippen molar-refractivity contribution in [1.82, 2.24) is 19.9 Å². The number of carbonyl (C=O) groups is 2. The Morgan fingerprint density at radius 2 is 2.03 bits per heavy atom. The van der Waals surface area contributed by atoms with Crippen LogP contribution in [-0.2, 0) is 16.1 Å². The number of aromatic nitrogens is 2. The first-order valence-corrected chi connectivity index (χ1v) is 10.1. The minimum Gasteiger partial charge on any atom is -0.481 e. The number of carboxylic acids is 1. The number of rotatable bonds is 7. The molecule has 4 rings (SSSR count). The molecule has 2 unspecified atom stereocenters. The van der Waals surface area contributed by atoms with Crippen molar-refractivity contribution in [3.05, 3.63) is 36.2 Å². The average Bonchev–Trinajstić information content (AvgIpc) is 3.39. The lowest BCUT2D eigenvalue weighted by atomic mass is 9.77. The number of carboxylic acid groups (broad SMARTS) is 1. The van der Waals surface area contributed by atoms with Crippen molar-refractivity contribution in [3.63, 3.8) is 0 Å². The third kappa shape index (κ3) is 4.03. The average molecular weight is 398 g/mol. The molecule has 2 aromatic rings. The van der Waals surface area contributed by atoms with Crippen LogP contribution in [0.4, 0.5) is 0 Å². The molecular formula is C21H26N4O4. The van der Waals surface area contributed by atoms with Gasteiger partial charge < -0.3 is 14.5 Å². The van der Waals surface area contributed by atoms with E-state index >= 15 is 0 Å². The number of fused-ring (bicyclic) bond motifs is 1. The summed E-state index contributed by atoms with van der Waals surface area (Å²) in [4.78, 5) is 32.1. The third-order valence-electron chi connectivity index (χ3n) is 6.18. The maximum absolute atomic E-state index is 12.2. The number of benzene rings is 1. The van der Waals surface area contributed by atoms with Crippen molar-refractivity contribution >= 4 is 11.9 Å². The minimum absolute atomic E-state index is 0.124. The summed E-state index contributed by atoms with van der Waals surface area (Å²) in [6.45, 7) is 5.31. The Morgan fingerprint density at radius 1 is 1.24 bits per heavy atom. The van der Waals surface area contributed by atoms with Crippen LogP contribution in [0.15, 0.2) is 34.9 Å². The molecule has 2 fully saturated rings. The highest BCUT2D eigenvalue weighted by Gasteiger charge is 2.53. The minimum atomic E-state index is -0.789. The topological polar surface area (TPSA) is 99.8 Å². The number of carbonyl (C=O) groups excluding carboxylic acids is 1. The fourth-order valence-electron chi connectivity index (χ4n) is 4.75. The summed E-state index contributed by atoms with van der Waals surface area (Å²) in [6, 6.07) is 9.65. The Labute approximate surface area is 169 Å². The van der Waals surface area contributed by atoms with Crippen molar-refractivity contribution < 1.29 is 19.2 Å². The summed E-state index contributed by atoms with van der Waals surface area (Å²) < 4.78 is 5.40. The van der Waals surface area contributed by atoms with E-state index in [4.69, 9.17) is 4.52 Å². The first-order chi connectivity index (χ1) is 14.0. The van der Waals surface area contributed by atoms with E-state index in [0.29, 0.717) is 44.2 Å². The van der Waals surface area contributed by atoms with E-state index in [-0.39, 0.29) is 23.7 Å². The summed E-state index contributed by atoms with van der Waals surface area (Å²) in [5, 5.41) is 13.3. The van der Waals surface area contributed by atoms with Gasteiger partial charge in [-0.2, -0.15) is 4.98 Å². The van der Waals surface area contributed by atoms with Crippen molar-refractivity contribution in [1.29, 1.82) is 0 Å². The van der Waals surface area contributed by atoms with Gasteiger partial charge in [-0.05, 0) is 24.5 Å². The molecule has 29 heavy (non-hydrogen) atoms. The number of hydrogen-bond acceptors (Lipinski definition) is 6. The third-order valence-corrected chi connectivity index (χ3v) is 6.18. The van der Waals surface area contributed by atoms with Crippen LogP contribution in [0.5, 0.6) is 0 Å². The number of amides is 1. The van der Waals surface area contributed by atoms with Gasteiger partial charge >= 0.3 is 5.97 Å². The Morgan fingerprint density at radius 3 is 2.76 bits per heavy atom. The number of aliphatic carboxylic acids is 1. The smallest absolute Gasteiger partial charge is 0.303 e. The second-order valence-corrected chi connectivity index (χ2v) is 8.13. The van der Waals surface area contributed by atoms with Crippen molar-refractivity contribution in [2.45, 2.75) is 32.7 Å². The largest absolute Gasteiger partial charge is 0.481 e. The van der Waals surface area contributed by atoms with E-state index in [9.17, 15) is 14.7 Å². The van der Waals surface area contributed by atoms with Gasteiger partial charge in [-0.25, -0.2) is 0 Å². The summed E-state index contributed by atoms with van der Waals surface area (Å²) in [5.41, 5.74) is 0.714. The van der Waals surface area contributed by atoms with E-state index < -0.39 is 5.97 Å². The lowest BCUT2D eigenvalue weighted by Gasteiger charge is -2.28. The van der Waals surface area contributed by atoms with E-state index in [2.05, 4.69) is 15.0 Å². The number of likely N-dealkylation sites (tertiary alicyclic amines) is 2. The second kappa shape index (κ2) is 7.94. The van der Waals surface area contributed by atoms with Crippen molar-refractivity contribution in [2.24, 2.45) is 11.3 Å². The fourth-order valence-corrected chi connectivity index (χ4v) is 4.75. The number of hydrogen-bond donors (Lipinski definition) is 1. The lowest BCUT2D eigenvalue weighted by Crippen LogP contribution is -2.37. The molecule has 1 aromatic carbocycles. The SMILES string of the molecule is CCC(=O)N1CC2CN(Cc3noc(-c4ccccc4)n3)CC2(CCC(=O)O)C1. The molecule has 154 valence electrons. The molecule has 2 saturated heterocycles. The highest BCUT2D eigenvalue weighted by Crippen LogP contribution is 2.46. The van der Waals surface area contributed by atoms with Gasteiger partial charge in [0.1, 0.15) is 0 Å². The molecule has 0 bridgehead atoms. The zero-order chi connectivity index (χ0) is 20.4. The molecule has 0 saturated carbocycles. The summed E-state index contributed by atoms with van der Waals surface area (Å²) in [5.74, 6) is 0.755. The predicted octanol–water partition coefficient (Wildman–Crippen LogP) is 2.27. The normalized spacial score (nSPS) is 24.0. The zero-order valence-electron chi connectivity index (χ0n) is 16.6. The molecule has 0 aliphatic carbocycles.